The van der Waals surface area contributed by atoms with Crippen LogP contribution in [0.25, 0.3) is 22.3 Å². The maximum absolute atomic E-state index is 13.7. The molecule has 0 aliphatic heterocycles. The Morgan fingerprint density at radius 3 is 0.926 bits per heavy atom. The number of rotatable bonds is 45. The number of ether oxygens (including phenoxy) is 2. The number of carbonyl (C=O) groups is 6. The number of phenolic OH excluding ortho intramolecular Hbond substituents is 2. The molecule has 16 heteroatoms. The predicted octanol–water partition coefficient (Wildman–Crippen LogP) is 27.1. The molecule has 570 valence electrons. The van der Waals surface area contributed by atoms with Gasteiger partial charge in [0.05, 0.1) is 45.0 Å². The first-order chi connectivity index (χ1) is 52.5. The van der Waals surface area contributed by atoms with Gasteiger partial charge in [-0.15, -0.1) is 0 Å². The first kappa shape index (κ1) is 83.0. The molecule has 8 aromatic rings. The second-order valence-corrected chi connectivity index (χ2v) is 32.8. The number of ketones is 4. The summed E-state index contributed by atoms with van der Waals surface area (Å²) in [6.45, 7) is 5.08. The number of aromatic hydroxyl groups is 2. The summed E-state index contributed by atoms with van der Waals surface area (Å²) in [6.07, 6.45) is 38.8. The van der Waals surface area contributed by atoms with Gasteiger partial charge in [-0.05, 0) is 170 Å². The van der Waals surface area contributed by atoms with Crippen LogP contribution in [0, 0.1) is 11.8 Å². The Morgan fingerprint density at radius 2 is 0.620 bits per heavy atom. The van der Waals surface area contributed by atoms with Gasteiger partial charge in [-0.3, -0.25) is 28.8 Å². The van der Waals surface area contributed by atoms with Crippen molar-refractivity contribution in [3.05, 3.63) is 219 Å². The van der Waals surface area contributed by atoms with E-state index in [0.29, 0.717) is 46.7 Å². The molecular weight excluding hydrogens is 1610 g/mol. The van der Waals surface area contributed by atoms with E-state index in [1.165, 1.54) is 166 Å². The lowest BCUT2D eigenvalue weighted by atomic mass is 9.78. The molecule has 10 rings (SSSR count). The number of carbonyl (C=O) groups excluding carboxylic acids is 6. The van der Waals surface area contributed by atoms with Crippen LogP contribution in [-0.4, -0.2) is 45.3 Å². The average molecular weight is 1720 g/mol. The lowest BCUT2D eigenvalue weighted by molar-refractivity contribution is -0.146. The van der Waals surface area contributed by atoms with Crippen molar-refractivity contribution in [3.63, 3.8) is 0 Å². The van der Waals surface area contributed by atoms with Crippen LogP contribution in [0.4, 0.5) is 22.7 Å². The fourth-order valence-electron chi connectivity index (χ4n) is 15.4. The van der Waals surface area contributed by atoms with Crippen LogP contribution in [0.5, 0.6) is 11.5 Å². The minimum absolute atomic E-state index is 0.0103. The summed E-state index contributed by atoms with van der Waals surface area (Å²) in [6, 6.07) is 43.2. The molecule has 0 saturated carbocycles. The van der Waals surface area contributed by atoms with Crippen molar-refractivity contribution in [2.45, 2.75) is 233 Å². The highest BCUT2D eigenvalue weighted by Gasteiger charge is 2.36. The van der Waals surface area contributed by atoms with Gasteiger partial charge in [0.2, 0.25) is 0 Å². The first-order valence-corrected chi connectivity index (χ1v) is 42.8. The topological polar surface area (TPSA) is 185 Å². The van der Waals surface area contributed by atoms with Gasteiger partial charge >= 0.3 is 11.9 Å². The van der Waals surface area contributed by atoms with Crippen LogP contribution >= 0.6 is 63.7 Å². The van der Waals surface area contributed by atoms with Crippen LogP contribution in [0.2, 0.25) is 0 Å². The Hall–Kier alpha value is -7.50. The molecule has 12 nitrogen and oxygen atoms in total. The van der Waals surface area contributed by atoms with Crippen molar-refractivity contribution >= 4 is 122 Å². The molecule has 8 aromatic carbocycles. The predicted molar refractivity (Wildman–Crippen MR) is 450 cm³/mol. The van der Waals surface area contributed by atoms with Gasteiger partial charge in [-0.2, -0.15) is 0 Å². The number of anilines is 4. The number of esters is 2. The van der Waals surface area contributed by atoms with Gasteiger partial charge < -0.3 is 30.3 Å². The fourth-order valence-corrected chi connectivity index (χ4v) is 18.2. The van der Waals surface area contributed by atoms with Crippen molar-refractivity contribution in [1.82, 2.24) is 0 Å². The second-order valence-electron chi connectivity index (χ2n) is 29.4. The molecule has 2 aliphatic carbocycles. The fraction of sp³-hybridized carbons (Fsp3) is 0.413. The average Bonchev–Trinajstić information content (AvgIpc) is 0.748. The molecule has 2 unspecified atom stereocenters. The largest absolute Gasteiger partial charge is 0.507 e. The Labute approximate surface area is 672 Å². The zero-order chi connectivity index (χ0) is 76.3. The van der Waals surface area contributed by atoms with Crippen LogP contribution in [0.3, 0.4) is 0 Å². The molecule has 4 N–H and O–H groups in total. The third-order valence-electron chi connectivity index (χ3n) is 21.5. The van der Waals surface area contributed by atoms with Gasteiger partial charge in [0, 0.05) is 53.0 Å². The lowest BCUT2D eigenvalue weighted by Gasteiger charge is -2.28. The summed E-state index contributed by atoms with van der Waals surface area (Å²) in [5.74, 6) is -0.548. The molecule has 0 heterocycles. The third kappa shape index (κ3) is 22.8. The summed E-state index contributed by atoms with van der Waals surface area (Å²) in [7, 11) is 0. The molecular formula is C92H104Br4N2O10. The number of nitrogens with one attached hydrogen (secondary N) is 2. The molecule has 2 atom stereocenters. The monoisotopic (exact) mass is 1710 g/mol. The highest BCUT2D eigenvalue weighted by atomic mass is 79.9. The molecule has 0 radical (unpaired) electrons. The zero-order valence-corrected chi connectivity index (χ0v) is 69.1. The van der Waals surface area contributed by atoms with Gasteiger partial charge in [-0.25, -0.2) is 0 Å². The maximum atomic E-state index is 13.7. The van der Waals surface area contributed by atoms with E-state index in [2.05, 4.69) is 88.2 Å². The second kappa shape index (κ2) is 42.6. The van der Waals surface area contributed by atoms with Crippen molar-refractivity contribution in [2.75, 3.05) is 10.6 Å². The van der Waals surface area contributed by atoms with E-state index in [0.717, 1.165) is 102 Å². The summed E-state index contributed by atoms with van der Waals surface area (Å²) >= 11 is 14.9. The Morgan fingerprint density at radius 1 is 0.343 bits per heavy atom. The van der Waals surface area contributed by atoms with Crippen LogP contribution in [0.1, 0.15) is 294 Å². The summed E-state index contributed by atoms with van der Waals surface area (Å²) in [4.78, 5) is 79.8. The SMILES string of the molecule is CCCCCCC(CCCCCCCCCCCC(=O)OCc1ccc(-c2cc(Br)c(Nc3ccc(O)c4c3C(=O)c3ccccc3C4=O)c(Br)c2)cc1)C(CCCCCC)CCCCCCCCCCCC(=O)OCc1ccc(-c2cc(Br)c(Nc3ccc(O)c4c3C(=O)c3ccccc3C4=O)c(Br)c2)cc1. The third-order valence-corrected chi connectivity index (χ3v) is 24.0. The van der Waals surface area contributed by atoms with Crippen molar-refractivity contribution < 1.29 is 48.5 Å². The Kier molecular flexibility index (Phi) is 32.7. The number of hydrogen-bond donors (Lipinski definition) is 4. The first-order valence-electron chi connectivity index (χ1n) is 39.6. The number of fused-ring (bicyclic) bond motifs is 4. The van der Waals surface area contributed by atoms with Crippen LogP contribution in [-0.2, 0) is 32.3 Å². The number of benzene rings is 8. The van der Waals surface area contributed by atoms with E-state index >= 15 is 0 Å². The minimum Gasteiger partial charge on any atom is -0.507 e. The highest BCUT2D eigenvalue weighted by Crippen LogP contribution is 2.45. The van der Waals surface area contributed by atoms with E-state index < -0.39 is 11.6 Å². The standard InChI is InChI=1S/C92H104Br4N2O10/c1-3-5-7-23-33-63(35-25-19-15-11-9-13-17-21-27-41-81(101)107-59-61-43-47-65(48-44-61)67-55-73(93)87(74(94)56-67)97-77-51-53-79(99)85-83(77)89(103)69-37-29-31-39-71(69)91(85)105)64(34-24-8-6-4-2)36-26-20-16-12-10-14-18-22-28-42-82(102)108-60-62-45-49-66(50-46-62)68-57-75(95)88(76(96)58-68)98-78-52-54-80(100)86-84(78)90(104)70-38-30-32-40-72(70)92(86)106/h29-32,37-40,43-58,63-64,97-100H,3-28,33-36,41-42,59-60H2,1-2H3. The summed E-state index contributed by atoms with van der Waals surface area (Å²) < 4.78 is 14.3. The number of phenols is 2. The highest BCUT2D eigenvalue weighted by molar-refractivity contribution is 9.11. The molecule has 0 amide bonds. The maximum Gasteiger partial charge on any atom is 0.306 e. The molecule has 0 saturated heterocycles. The van der Waals surface area contributed by atoms with E-state index in [-0.39, 0.29) is 81.6 Å². The van der Waals surface area contributed by atoms with E-state index in [1.807, 2.05) is 72.8 Å². The van der Waals surface area contributed by atoms with Crippen LogP contribution < -0.4 is 10.6 Å². The van der Waals surface area contributed by atoms with Crippen LogP contribution in [0.15, 0.2) is 163 Å². The smallest absolute Gasteiger partial charge is 0.306 e. The number of unbranched alkanes of at least 4 members (excludes halogenated alkanes) is 22. The van der Waals surface area contributed by atoms with Crippen molar-refractivity contribution in [2.24, 2.45) is 11.8 Å². The minimum atomic E-state index is -0.394. The van der Waals surface area contributed by atoms with Crippen molar-refractivity contribution in [3.8, 4) is 33.8 Å². The van der Waals surface area contributed by atoms with Crippen molar-refractivity contribution in [1.29, 1.82) is 0 Å². The zero-order valence-electron chi connectivity index (χ0n) is 62.7. The normalized spacial score (nSPS) is 12.8. The summed E-state index contributed by atoms with van der Waals surface area (Å²) in [5, 5.41) is 28.1. The van der Waals surface area contributed by atoms with Gasteiger partial charge in [-0.1, -0.05) is 291 Å². The number of hydrogen-bond acceptors (Lipinski definition) is 12. The molecule has 0 fully saturated rings. The molecule has 0 bridgehead atoms. The Bertz CT molecular complexity index is 4070. The van der Waals surface area contributed by atoms with E-state index in [1.54, 1.807) is 60.7 Å². The van der Waals surface area contributed by atoms with Gasteiger partial charge in [0.25, 0.3) is 0 Å². The van der Waals surface area contributed by atoms with Gasteiger partial charge in [0.1, 0.15) is 24.7 Å². The van der Waals surface area contributed by atoms with Gasteiger partial charge in [0.15, 0.2) is 23.1 Å². The van der Waals surface area contributed by atoms with E-state index in [9.17, 15) is 39.0 Å². The molecule has 0 aromatic heterocycles. The quantitative estimate of drug-likeness (QED) is 0.0161. The Balaban J connectivity index is 0.556. The molecule has 0 spiro atoms. The lowest BCUT2D eigenvalue weighted by Crippen LogP contribution is -2.22. The molecule has 108 heavy (non-hydrogen) atoms. The number of halogens is 4. The van der Waals surface area contributed by atoms with E-state index in [4.69, 9.17) is 9.47 Å². The summed E-state index contributed by atoms with van der Waals surface area (Å²) in [5.41, 5.74) is 9.14. The molecule has 2 aliphatic rings.